The molecule has 0 aromatic carbocycles. The smallest absolute Gasteiger partial charge is 0.330 e. The maximum Gasteiger partial charge on any atom is 0.330 e. The quantitative estimate of drug-likeness (QED) is 0.496. The molecule has 1 fully saturated rings. The highest BCUT2D eigenvalue weighted by atomic mass is 16.5. The minimum atomic E-state index is -1.50. The fourth-order valence-corrected chi connectivity index (χ4v) is 2.02. The standard InChI is InChI=1S/C12H14N2O7/c15-4-7-5-21-11(9(7)18)14-3-6(1-2-8(16)17)10(19)13-12(14)20/h1-3,7,9,11,15,18H,4-5H2,(H,16,17)(H,13,19,20)/p-1/b2-1+/t7-,9+,11-/m1/s1. The Morgan fingerprint density at radius 3 is 2.86 bits per heavy atom. The molecule has 1 aromatic rings. The second-order valence-electron chi connectivity index (χ2n) is 4.56. The van der Waals surface area contributed by atoms with Crippen LogP contribution < -0.4 is 16.4 Å². The van der Waals surface area contributed by atoms with Crippen molar-refractivity contribution in [2.24, 2.45) is 5.92 Å². The average Bonchev–Trinajstić information content (AvgIpc) is 2.78. The van der Waals surface area contributed by atoms with E-state index < -0.39 is 35.5 Å². The zero-order chi connectivity index (χ0) is 15.6. The summed E-state index contributed by atoms with van der Waals surface area (Å²) in [6.07, 6.45) is 0.489. The normalized spacial score (nSPS) is 25.5. The Kier molecular flexibility index (Phi) is 4.36. The number of aromatic amines is 1. The number of hydrogen-bond acceptors (Lipinski definition) is 7. The van der Waals surface area contributed by atoms with Crippen molar-refractivity contribution in [3.8, 4) is 0 Å². The van der Waals surface area contributed by atoms with E-state index in [0.717, 1.165) is 16.8 Å². The molecule has 114 valence electrons. The minimum absolute atomic E-state index is 0.0537. The maximum atomic E-state index is 11.8. The molecule has 0 radical (unpaired) electrons. The summed E-state index contributed by atoms with van der Waals surface area (Å²) in [6, 6.07) is 0. The second-order valence-corrected chi connectivity index (χ2v) is 4.56. The number of hydrogen-bond donors (Lipinski definition) is 3. The fraction of sp³-hybridized carbons (Fsp3) is 0.417. The summed E-state index contributed by atoms with van der Waals surface area (Å²) in [6.45, 7) is -0.259. The van der Waals surface area contributed by atoms with Crippen molar-refractivity contribution in [2.45, 2.75) is 12.3 Å². The molecule has 3 atom stereocenters. The van der Waals surface area contributed by atoms with E-state index in [1.807, 2.05) is 4.98 Å². The number of carboxylic acids is 1. The van der Waals surface area contributed by atoms with E-state index in [4.69, 9.17) is 9.84 Å². The number of ether oxygens (including phenoxy) is 1. The third-order valence-electron chi connectivity index (χ3n) is 3.16. The van der Waals surface area contributed by atoms with Crippen molar-refractivity contribution >= 4 is 12.0 Å². The monoisotopic (exact) mass is 297 g/mol. The summed E-state index contributed by atoms with van der Waals surface area (Å²) < 4.78 is 6.18. The van der Waals surface area contributed by atoms with E-state index in [2.05, 4.69) is 0 Å². The number of nitrogens with zero attached hydrogens (tertiary/aromatic N) is 1. The first-order valence-corrected chi connectivity index (χ1v) is 6.09. The third-order valence-corrected chi connectivity index (χ3v) is 3.16. The van der Waals surface area contributed by atoms with Crippen LogP contribution in [0.15, 0.2) is 21.9 Å². The largest absolute Gasteiger partial charge is 0.545 e. The summed E-state index contributed by atoms with van der Waals surface area (Å²) in [5.41, 5.74) is -1.70. The average molecular weight is 297 g/mol. The van der Waals surface area contributed by atoms with Gasteiger partial charge in [-0.05, 0) is 12.2 Å². The second kappa shape index (κ2) is 6.04. The van der Waals surface area contributed by atoms with E-state index in [0.29, 0.717) is 6.08 Å². The molecule has 21 heavy (non-hydrogen) atoms. The summed E-state index contributed by atoms with van der Waals surface area (Å²) in [5, 5.41) is 29.3. The van der Waals surface area contributed by atoms with Gasteiger partial charge in [0.2, 0.25) is 0 Å². The molecule has 0 saturated carbocycles. The number of aliphatic hydroxyl groups excluding tert-OH is 2. The summed E-state index contributed by atoms with van der Waals surface area (Å²) in [4.78, 5) is 35.7. The van der Waals surface area contributed by atoms with Gasteiger partial charge in [0.15, 0.2) is 6.23 Å². The van der Waals surface area contributed by atoms with Crippen LogP contribution in [-0.4, -0.2) is 45.1 Å². The summed E-state index contributed by atoms with van der Waals surface area (Å²) in [5.74, 6) is -2.04. The number of carboxylic acid groups (broad SMARTS) is 1. The van der Waals surface area contributed by atoms with E-state index in [-0.39, 0.29) is 18.8 Å². The van der Waals surface area contributed by atoms with Crippen LogP contribution in [0.25, 0.3) is 6.08 Å². The van der Waals surface area contributed by atoms with Gasteiger partial charge in [0.1, 0.15) is 6.10 Å². The lowest BCUT2D eigenvalue weighted by Gasteiger charge is -2.18. The van der Waals surface area contributed by atoms with Crippen LogP contribution in [0.2, 0.25) is 0 Å². The molecule has 2 heterocycles. The van der Waals surface area contributed by atoms with Gasteiger partial charge in [-0.1, -0.05) is 0 Å². The number of rotatable bonds is 4. The third kappa shape index (κ3) is 3.10. The number of carbonyl (C=O) groups excluding carboxylic acids is 1. The predicted octanol–water partition coefficient (Wildman–Crippen LogP) is -3.20. The molecule has 0 spiro atoms. The van der Waals surface area contributed by atoms with Gasteiger partial charge in [-0.2, -0.15) is 0 Å². The number of nitrogens with one attached hydrogen (secondary N) is 1. The molecule has 1 aliphatic rings. The van der Waals surface area contributed by atoms with Crippen LogP contribution in [0.4, 0.5) is 0 Å². The number of aliphatic hydroxyl groups is 2. The Hall–Kier alpha value is -2.23. The molecule has 9 heteroatoms. The van der Waals surface area contributed by atoms with Gasteiger partial charge in [0.05, 0.1) is 24.7 Å². The molecule has 0 aliphatic carbocycles. The first-order valence-electron chi connectivity index (χ1n) is 6.09. The Bertz CT molecular complexity index is 675. The van der Waals surface area contributed by atoms with Gasteiger partial charge in [-0.3, -0.25) is 14.3 Å². The molecule has 2 rings (SSSR count). The van der Waals surface area contributed by atoms with Gasteiger partial charge in [-0.25, -0.2) is 4.79 Å². The minimum Gasteiger partial charge on any atom is -0.545 e. The zero-order valence-electron chi connectivity index (χ0n) is 10.8. The molecule has 0 unspecified atom stereocenters. The van der Waals surface area contributed by atoms with Crippen LogP contribution in [0.1, 0.15) is 11.8 Å². The van der Waals surface area contributed by atoms with E-state index in [9.17, 15) is 24.6 Å². The molecular weight excluding hydrogens is 284 g/mol. The van der Waals surface area contributed by atoms with Crippen molar-refractivity contribution in [2.75, 3.05) is 13.2 Å². The molecule has 1 aliphatic heterocycles. The van der Waals surface area contributed by atoms with Crippen LogP contribution in [0.3, 0.4) is 0 Å². The lowest BCUT2D eigenvalue weighted by molar-refractivity contribution is -0.297. The van der Waals surface area contributed by atoms with Gasteiger partial charge < -0.3 is 24.9 Å². The predicted molar refractivity (Wildman–Crippen MR) is 66.9 cm³/mol. The first kappa shape index (κ1) is 15.2. The highest BCUT2D eigenvalue weighted by Crippen LogP contribution is 2.27. The van der Waals surface area contributed by atoms with E-state index in [1.54, 1.807) is 0 Å². The lowest BCUT2D eigenvalue weighted by Crippen LogP contribution is -2.37. The van der Waals surface area contributed by atoms with Crippen molar-refractivity contribution < 1.29 is 24.9 Å². The number of aromatic nitrogens is 2. The van der Waals surface area contributed by atoms with Crippen LogP contribution >= 0.6 is 0 Å². The van der Waals surface area contributed by atoms with Crippen molar-refractivity contribution in [1.29, 1.82) is 0 Å². The van der Waals surface area contributed by atoms with E-state index in [1.165, 1.54) is 0 Å². The van der Waals surface area contributed by atoms with Crippen LogP contribution in [0.5, 0.6) is 0 Å². The van der Waals surface area contributed by atoms with Gasteiger partial charge in [0, 0.05) is 12.1 Å². The van der Waals surface area contributed by atoms with E-state index >= 15 is 0 Å². The topological polar surface area (TPSA) is 145 Å². The van der Waals surface area contributed by atoms with Gasteiger partial charge >= 0.3 is 5.69 Å². The van der Waals surface area contributed by atoms with Gasteiger partial charge in [0.25, 0.3) is 5.56 Å². The molecule has 1 aromatic heterocycles. The number of carbonyl (C=O) groups is 1. The fourth-order valence-electron chi connectivity index (χ4n) is 2.02. The molecule has 0 bridgehead atoms. The summed E-state index contributed by atoms with van der Waals surface area (Å²) in [7, 11) is 0. The summed E-state index contributed by atoms with van der Waals surface area (Å²) >= 11 is 0. The van der Waals surface area contributed by atoms with Crippen LogP contribution in [0, 0.1) is 5.92 Å². The molecule has 1 saturated heterocycles. The van der Waals surface area contributed by atoms with Crippen molar-refractivity contribution in [3.63, 3.8) is 0 Å². The molecular formula is C12H13N2O7-. The van der Waals surface area contributed by atoms with Crippen molar-refractivity contribution in [3.05, 3.63) is 38.7 Å². The molecule has 9 nitrogen and oxygen atoms in total. The first-order chi connectivity index (χ1) is 9.93. The Balaban J connectivity index is 2.41. The maximum absolute atomic E-state index is 11.8. The number of aliphatic carboxylic acids is 1. The highest BCUT2D eigenvalue weighted by molar-refractivity contribution is 5.83. The van der Waals surface area contributed by atoms with Crippen molar-refractivity contribution in [1.82, 2.24) is 9.55 Å². The zero-order valence-corrected chi connectivity index (χ0v) is 10.8. The van der Waals surface area contributed by atoms with Crippen LogP contribution in [-0.2, 0) is 9.53 Å². The molecule has 3 N–H and O–H groups in total. The highest BCUT2D eigenvalue weighted by Gasteiger charge is 2.37. The molecule has 0 amide bonds. The number of H-pyrrole nitrogens is 1. The Morgan fingerprint density at radius 1 is 1.57 bits per heavy atom. The van der Waals surface area contributed by atoms with Gasteiger partial charge in [-0.15, -0.1) is 0 Å². The Labute approximate surface area is 117 Å². The Morgan fingerprint density at radius 2 is 2.29 bits per heavy atom. The SMILES string of the molecule is O=C([O-])/C=C/c1cn([C@@H]2OC[C@@H](CO)[C@@H]2O)c(=O)[nH]c1=O. The lowest BCUT2D eigenvalue weighted by atomic mass is 10.1.